The van der Waals surface area contributed by atoms with Crippen molar-refractivity contribution in [3.63, 3.8) is 0 Å². The molecule has 0 aliphatic carbocycles. The molecule has 0 bridgehead atoms. The molecule has 0 unspecified atom stereocenters. The van der Waals surface area contributed by atoms with Gasteiger partial charge in [-0.15, -0.1) is 0 Å². The average molecular weight is 289 g/mol. The van der Waals surface area contributed by atoms with Gasteiger partial charge in [-0.1, -0.05) is 12.1 Å². The van der Waals surface area contributed by atoms with Gasteiger partial charge >= 0.3 is 0 Å². The highest BCUT2D eigenvalue weighted by molar-refractivity contribution is 5.81. The first-order valence-electron chi connectivity index (χ1n) is 7.11. The van der Waals surface area contributed by atoms with Crippen LogP contribution in [0.4, 0.5) is 5.95 Å². The van der Waals surface area contributed by atoms with Gasteiger partial charge in [-0.25, -0.2) is 4.98 Å². The lowest BCUT2D eigenvalue weighted by atomic mass is 10.1. The molecule has 0 aliphatic rings. The number of aryl methyl sites for hydroxylation is 1. The molecule has 5 nitrogen and oxygen atoms in total. The highest BCUT2D eigenvalue weighted by atomic mass is 16.5. The van der Waals surface area contributed by atoms with Gasteiger partial charge in [-0.2, -0.15) is 0 Å². The Morgan fingerprint density at radius 3 is 2.67 bits per heavy atom. The molecular weight excluding hydrogens is 266 g/mol. The minimum absolute atomic E-state index is 0.0347. The lowest BCUT2D eigenvalue weighted by Crippen LogP contribution is -2.34. The smallest absolute Gasteiger partial charge is 0.262 e. The van der Waals surface area contributed by atoms with E-state index in [0.29, 0.717) is 24.5 Å². The Kier molecular flexibility index (Phi) is 4.32. The minimum atomic E-state index is -0.176. The fourth-order valence-corrected chi connectivity index (χ4v) is 2.21. The van der Waals surface area contributed by atoms with Gasteiger partial charge in [0, 0.05) is 12.6 Å². The third kappa shape index (κ3) is 3.42. The summed E-state index contributed by atoms with van der Waals surface area (Å²) in [5.41, 5.74) is 1.54. The second kappa shape index (κ2) is 5.85. The van der Waals surface area contributed by atoms with Gasteiger partial charge in [0.1, 0.15) is 0 Å². The van der Waals surface area contributed by atoms with E-state index in [2.05, 4.69) is 10.3 Å². The molecule has 21 heavy (non-hydrogen) atoms. The number of rotatable bonds is 4. The predicted molar refractivity (Wildman–Crippen MR) is 86.0 cm³/mol. The fourth-order valence-electron chi connectivity index (χ4n) is 2.21. The van der Waals surface area contributed by atoms with Crippen LogP contribution in [0.15, 0.2) is 23.0 Å². The van der Waals surface area contributed by atoms with Crippen LogP contribution >= 0.6 is 0 Å². The summed E-state index contributed by atoms with van der Waals surface area (Å²) in [6, 6.07) is 5.68. The van der Waals surface area contributed by atoms with Crippen molar-refractivity contribution in [2.45, 2.75) is 39.8 Å². The normalized spacial score (nSPS) is 11.9. The first kappa shape index (κ1) is 15.5. The van der Waals surface area contributed by atoms with E-state index < -0.39 is 0 Å². The molecule has 1 aromatic heterocycles. The second-order valence-electron chi connectivity index (χ2n) is 6.23. The lowest BCUT2D eigenvalue weighted by molar-refractivity contribution is 0.186. The van der Waals surface area contributed by atoms with Gasteiger partial charge in [-0.3, -0.25) is 9.36 Å². The Morgan fingerprint density at radius 1 is 1.33 bits per heavy atom. The Morgan fingerprint density at radius 2 is 2.05 bits per heavy atom. The zero-order valence-electron chi connectivity index (χ0n) is 13.4. The van der Waals surface area contributed by atoms with Crippen molar-refractivity contribution in [1.29, 1.82) is 0 Å². The SMILES string of the molecule is COCCn1c(NC(C)(C)C)nc2c(C)cccc2c1=O. The summed E-state index contributed by atoms with van der Waals surface area (Å²) in [5, 5.41) is 3.96. The molecule has 0 aliphatic heterocycles. The molecule has 0 radical (unpaired) electrons. The summed E-state index contributed by atoms with van der Waals surface area (Å²) in [5.74, 6) is 0.589. The number of hydrogen-bond acceptors (Lipinski definition) is 4. The van der Waals surface area contributed by atoms with Crippen LogP contribution in [-0.2, 0) is 11.3 Å². The van der Waals surface area contributed by atoms with Crippen LogP contribution in [0, 0.1) is 6.92 Å². The van der Waals surface area contributed by atoms with Crippen LogP contribution in [0.25, 0.3) is 10.9 Å². The maximum atomic E-state index is 12.7. The molecule has 1 heterocycles. The van der Waals surface area contributed by atoms with Crippen molar-refractivity contribution < 1.29 is 4.74 Å². The first-order chi connectivity index (χ1) is 9.83. The maximum Gasteiger partial charge on any atom is 0.262 e. The minimum Gasteiger partial charge on any atom is -0.383 e. The number of para-hydroxylation sites is 1. The summed E-state index contributed by atoms with van der Waals surface area (Å²) >= 11 is 0. The molecule has 2 aromatic rings. The Balaban J connectivity index is 2.67. The molecule has 1 N–H and O–H groups in total. The molecule has 0 spiro atoms. The van der Waals surface area contributed by atoms with Crippen LogP contribution in [-0.4, -0.2) is 28.8 Å². The predicted octanol–water partition coefficient (Wildman–Crippen LogP) is 2.56. The van der Waals surface area contributed by atoms with Crippen LogP contribution in [0.1, 0.15) is 26.3 Å². The number of nitrogens with zero attached hydrogens (tertiary/aromatic N) is 2. The van der Waals surface area contributed by atoms with Gasteiger partial charge in [0.25, 0.3) is 5.56 Å². The summed E-state index contributed by atoms with van der Waals surface area (Å²) in [6.07, 6.45) is 0. The molecular formula is C16H23N3O2. The number of aromatic nitrogens is 2. The molecule has 0 fully saturated rings. The second-order valence-corrected chi connectivity index (χ2v) is 6.23. The third-order valence-electron chi connectivity index (χ3n) is 3.19. The fraction of sp³-hybridized carbons (Fsp3) is 0.500. The molecule has 0 atom stereocenters. The van der Waals surface area contributed by atoms with Crippen molar-refractivity contribution in [3.8, 4) is 0 Å². The van der Waals surface area contributed by atoms with E-state index in [1.807, 2.05) is 45.9 Å². The van der Waals surface area contributed by atoms with Crippen molar-refractivity contribution in [2.75, 3.05) is 19.0 Å². The highest BCUT2D eigenvalue weighted by Crippen LogP contribution is 2.18. The van der Waals surface area contributed by atoms with Gasteiger partial charge in [0.2, 0.25) is 5.95 Å². The molecule has 0 amide bonds. The van der Waals surface area contributed by atoms with E-state index in [4.69, 9.17) is 4.74 Å². The van der Waals surface area contributed by atoms with E-state index >= 15 is 0 Å². The molecule has 114 valence electrons. The summed E-state index contributed by atoms with van der Waals surface area (Å²) in [6.45, 7) is 9.04. The lowest BCUT2D eigenvalue weighted by Gasteiger charge is -2.24. The van der Waals surface area contributed by atoms with Gasteiger partial charge in [0.05, 0.1) is 24.1 Å². The number of anilines is 1. The highest BCUT2D eigenvalue weighted by Gasteiger charge is 2.17. The Labute approximate surface area is 125 Å². The average Bonchev–Trinajstić information content (AvgIpc) is 2.38. The maximum absolute atomic E-state index is 12.7. The Bertz CT molecular complexity index is 699. The van der Waals surface area contributed by atoms with Crippen LogP contribution in [0.5, 0.6) is 0 Å². The number of methoxy groups -OCH3 is 1. The van der Waals surface area contributed by atoms with E-state index in [-0.39, 0.29) is 11.1 Å². The zero-order chi connectivity index (χ0) is 15.6. The monoisotopic (exact) mass is 289 g/mol. The quantitative estimate of drug-likeness (QED) is 0.940. The topological polar surface area (TPSA) is 56.1 Å². The summed E-state index contributed by atoms with van der Waals surface area (Å²) in [4.78, 5) is 17.4. The van der Waals surface area contributed by atoms with Crippen molar-refractivity contribution in [3.05, 3.63) is 34.1 Å². The number of benzene rings is 1. The van der Waals surface area contributed by atoms with E-state index in [1.54, 1.807) is 11.7 Å². The van der Waals surface area contributed by atoms with Crippen molar-refractivity contribution >= 4 is 16.9 Å². The third-order valence-corrected chi connectivity index (χ3v) is 3.19. The molecule has 5 heteroatoms. The van der Waals surface area contributed by atoms with Crippen LogP contribution in [0.3, 0.4) is 0 Å². The largest absolute Gasteiger partial charge is 0.383 e. The van der Waals surface area contributed by atoms with Gasteiger partial charge in [0.15, 0.2) is 0 Å². The first-order valence-corrected chi connectivity index (χ1v) is 7.11. The number of hydrogen-bond donors (Lipinski definition) is 1. The number of fused-ring (bicyclic) bond motifs is 1. The standard InChI is InChI=1S/C16H23N3O2/c1-11-7-6-8-12-13(11)17-15(18-16(2,3)4)19(14(12)20)9-10-21-5/h6-8H,9-10H2,1-5H3,(H,17,18). The van der Waals surface area contributed by atoms with Crippen molar-refractivity contribution in [2.24, 2.45) is 0 Å². The van der Waals surface area contributed by atoms with Gasteiger partial charge in [-0.05, 0) is 39.3 Å². The van der Waals surface area contributed by atoms with Crippen LogP contribution in [0.2, 0.25) is 0 Å². The van der Waals surface area contributed by atoms with Gasteiger partial charge < -0.3 is 10.1 Å². The zero-order valence-corrected chi connectivity index (χ0v) is 13.4. The van der Waals surface area contributed by atoms with Crippen LogP contribution < -0.4 is 10.9 Å². The molecule has 2 rings (SSSR count). The summed E-state index contributed by atoms with van der Waals surface area (Å²) in [7, 11) is 1.63. The Hall–Kier alpha value is -1.88. The summed E-state index contributed by atoms with van der Waals surface area (Å²) < 4.78 is 6.76. The number of ether oxygens (including phenoxy) is 1. The molecule has 1 aromatic carbocycles. The molecule has 0 saturated heterocycles. The van der Waals surface area contributed by atoms with E-state index in [1.165, 1.54) is 0 Å². The van der Waals surface area contributed by atoms with E-state index in [9.17, 15) is 4.79 Å². The number of nitrogens with one attached hydrogen (secondary N) is 1. The molecule has 0 saturated carbocycles. The van der Waals surface area contributed by atoms with E-state index in [0.717, 1.165) is 11.1 Å². The van der Waals surface area contributed by atoms with Crippen molar-refractivity contribution in [1.82, 2.24) is 9.55 Å².